The van der Waals surface area contributed by atoms with Gasteiger partial charge in [0.05, 0.1) is 24.9 Å². The first-order chi connectivity index (χ1) is 28.1. The number of pyridine rings is 1. The largest absolute Gasteiger partial charge is 0.495 e. The number of anilines is 5. The molecule has 2 aromatic heterocycles. The predicted molar refractivity (Wildman–Crippen MR) is 220 cm³/mol. The number of piperidine rings is 3. The van der Waals surface area contributed by atoms with E-state index in [2.05, 4.69) is 41.1 Å². The third-order valence-corrected chi connectivity index (χ3v) is 12.8. The van der Waals surface area contributed by atoms with Crippen LogP contribution in [0.25, 0.3) is 0 Å². The molecule has 0 spiro atoms. The number of carbonyl (C=O) groups excluding carboxylic acids is 4. The lowest BCUT2D eigenvalue weighted by molar-refractivity contribution is -0.134. The van der Waals surface area contributed by atoms with Gasteiger partial charge in [-0.05, 0) is 101 Å². The van der Waals surface area contributed by atoms with Crippen molar-refractivity contribution < 1.29 is 23.9 Å². The van der Waals surface area contributed by atoms with Crippen LogP contribution in [-0.4, -0.2) is 113 Å². The number of rotatable bonds is 11. The van der Waals surface area contributed by atoms with Gasteiger partial charge in [-0.15, -0.1) is 0 Å². The van der Waals surface area contributed by atoms with Gasteiger partial charge in [0.1, 0.15) is 23.3 Å². The molecule has 16 heteroatoms. The van der Waals surface area contributed by atoms with E-state index in [4.69, 9.17) is 9.72 Å². The number of hydrazine groups is 1. The van der Waals surface area contributed by atoms with Crippen molar-refractivity contribution in [2.24, 2.45) is 5.92 Å². The Morgan fingerprint density at radius 2 is 1.69 bits per heavy atom. The topological polar surface area (TPSA) is 177 Å². The molecule has 8 rings (SSSR count). The summed E-state index contributed by atoms with van der Waals surface area (Å²) in [4.78, 5) is 70.6. The van der Waals surface area contributed by atoms with Crippen molar-refractivity contribution in [3.63, 3.8) is 0 Å². The number of hydrogen-bond donors (Lipinski definition) is 4. The number of nitrogens with zero attached hydrogens (tertiary/aromatic N) is 7. The van der Waals surface area contributed by atoms with Gasteiger partial charge in [0.15, 0.2) is 5.82 Å². The van der Waals surface area contributed by atoms with E-state index in [0.717, 1.165) is 101 Å². The number of benzene rings is 1. The maximum Gasteiger partial charge on any atom is 0.265 e. The molecule has 4 N–H and O–H groups in total. The Hall–Kier alpha value is -5.35. The normalized spacial score (nSPS) is 22.8. The molecule has 4 amide bonds. The summed E-state index contributed by atoms with van der Waals surface area (Å²) in [5, 5.41) is 11.2. The third kappa shape index (κ3) is 8.44. The number of likely N-dealkylation sites (N-methyl/N-ethyl adjacent to an activating group) is 1. The summed E-state index contributed by atoms with van der Waals surface area (Å²) in [5.41, 5.74) is 5.78. The Kier molecular flexibility index (Phi) is 11.7. The number of methoxy groups -OCH3 is 1. The molecule has 58 heavy (non-hydrogen) atoms. The standard InChI is InChI=1S/C42H55N11O5/c1-26-41(57)50(2)34-25-45-42(48-38(34)53(26)31-6-4-5-7-31)46-33-11-8-28(22-35(33)58-3)39(55)49-52-20-16-30(17-21-52)51-18-14-27(15-19-51)23-43-36-12-9-29(24-44-36)32-10-13-37(54)47-40(32)56/h8-9,11-12,22,24-27,30-32H,4-7,10,13-21,23H2,1-3H3,(H,43,44)(H,49,55)(H,45,46,48)(H,47,54,56)/t26-,32?/m1/s1. The Bertz CT molecular complexity index is 1990. The average Bonchev–Trinajstić information content (AvgIpc) is 3.78. The number of nitrogens with one attached hydrogen (secondary N) is 4. The van der Waals surface area contributed by atoms with Crippen LogP contribution in [0, 0.1) is 5.92 Å². The smallest absolute Gasteiger partial charge is 0.265 e. The van der Waals surface area contributed by atoms with Crippen molar-refractivity contribution in [1.82, 2.24) is 35.6 Å². The van der Waals surface area contributed by atoms with Crippen LogP contribution in [0.3, 0.4) is 0 Å². The summed E-state index contributed by atoms with van der Waals surface area (Å²) in [7, 11) is 3.35. The van der Waals surface area contributed by atoms with Crippen LogP contribution in [0.1, 0.15) is 93.0 Å². The number of fused-ring (bicyclic) bond motifs is 1. The van der Waals surface area contributed by atoms with E-state index >= 15 is 0 Å². The molecule has 0 radical (unpaired) electrons. The summed E-state index contributed by atoms with van der Waals surface area (Å²) < 4.78 is 5.71. The fourth-order valence-electron chi connectivity index (χ4n) is 9.33. The molecule has 1 unspecified atom stereocenters. The first-order valence-corrected chi connectivity index (χ1v) is 20.9. The minimum atomic E-state index is -0.323. The van der Waals surface area contributed by atoms with Crippen LogP contribution in [-0.2, 0) is 14.4 Å². The summed E-state index contributed by atoms with van der Waals surface area (Å²) in [5.74, 6) is 2.08. The molecule has 1 saturated carbocycles. The quantitative estimate of drug-likeness (QED) is 0.204. The fourth-order valence-corrected chi connectivity index (χ4v) is 9.33. The highest BCUT2D eigenvalue weighted by Crippen LogP contribution is 2.40. The molecule has 16 nitrogen and oxygen atoms in total. The molecule has 6 heterocycles. The highest BCUT2D eigenvalue weighted by molar-refractivity contribution is 6.04. The fraction of sp³-hybridized carbons (Fsp3) is 0.548. The van der Waals surface area contributed by atoms with Gasteiger partial charge in [-0.3, -0.25) is 29.9 Å². The van der Waals surface area contributed by atoms with Crippen LogP contribution < -0.4 is 35.9 Å². The molecule has 5 aliphatic rings. The van der Waals surface area contributed by atoms with Crippen molar-refractivity contribution in [1.29, 1.82) is 0 Å². The van der Waals surface area contributed by atoms with Gasteiger partial charge >= 0.3 is 0 Å². The minimum Gasteiger partial charge on any atom is -0.495 e. The number of aromatic nitrogens is 3. The summed E-state index contributed by atoms with van der Waals surface area (Å²) in [6.45, 7) is 6.47. The maximum atomic E-state index is 13.4. The molecule has 1 aliphatic carbocycles. The van der Waals surface area contributed by atoms with E-state index in [0.29, 0.717) is 53.4 Å². The van der Waals surface area contributed by atoms with E-state index in [9.17, 15) is 19.2 Å². The predicted octanol–water partition coefficient (Wildman–Crippen LogP) is 4.19. The molecule has 308 valence electrons. The number of carbonyl (C=O) groups is 4. The van der Waals surface area contributed by atoms with Crippen LogP contribution in [0.15, 0.2) is 42.7 Å². The summed E-state index contributed by atoms with van der Waals surface area (Å²) >= 11 is 0. The van der Waals surface area contributed by atoms with E-state index in [1.54, 1.807) is 43.6 Å². The number of amides is 4. The molecule has 4 aliphatic heterocycles. The highest BCUT2D eigenvalue weighted by Gasteiger charge is 2.40. The minimum absolute atomic E-state index is 0.0404. The lowest BCUT2D eigenvalue weighted by Gasteiger charge is -2.42. The second kappa shape index (κ2) is 17.2. The summed E-state index contributed by atoms with van der Waals surface area (Å²) in [6.07, 6.45) is 12.9. The van der Waals surface area contributed by atoms with Crippen molar-refractivity contribution >= 4 is 52.6 Å². The second-order valence-corrected chi connectivity index (χ2v) is 16.4. The van der Waals surface area contributed by atoms with E-state index in [1.807, 2.05) is 30.1 Å². The average molecular weight is 794 g/mol. The van der Waals surface area contributed by atoms with Gasteiger partial charge in [0.25, 0.3) is 5.91 Å². The van der Waals surface area contributed by atoms with Crippen LogP contribution in [0.2, 0.25) is 0 Å². The number of ether oxygens (including phenoxy) is 1. The van der Waals surface area contributed by atoms with E-state index < -0.39 is 0 Å². The number of hydrogen-bond acceptors (Lipinski definition) is 13. The molecule has 3 saturated heterocycles. The molecular formula is C42H55N11O5. The lowest BCUT2D eigenvalue weighted by Crippen LogP contribution is -2.54. The number of imide groups is 1. The second-order valence-electron chi connectivity index (χ2n) is 16.4. The molecule has 0 bridgehead atoms. The van der Waals surface area contributed by atoms with E-state index in [-0.39, 0.29) is 41.6 Å². The Labute approximate surface area is 339 Å². The Balaban J connectivity index is 0.792. The van der Waals surface area contributed by atoms with Gasteiger partial charge in [-0.25, -0.2) is 15.0 Å². The van der Waals surface area contributed by atoms with Crippen LogP contribution >= 0.6 is 0 Å². The zero-order valence-corrected chi connectivity index (χ0v) is 33.7. The van der Waals surface area contributed by atoms with Gasteiger partial charge in [-0.1, -0.05) is 18.9 Å². The molecule has 3 aromatic rings. The zero-order valence-electron chi connectivity index (χ0n) is 33.7. The van der Waals surface area contributed by atoms with Crippen molar-refractivity contribution in [3.8, 4) is 5.75 Å². The SMILES string of the molecule is COc1cc(C(=O)NN2CCC(N3CCC(CNc4ccc(C5CCC(=O)NC5=O)cn4)CC3)CC2)ccc1Nc1ncc2c(n1)N(C1CCCC1)[C@H](C)C(=O)N2C. The Morgan fingerprint density at radius 1 is 0.914 bits per heavy atom. The molecule has 1 aromatic carbocycles. The van der Waals surface area contributed by atoms with Gasteiger partial charge in [-0.2, -0.15) is 4.98 Å². The maximum absolute atomic E-state index is 13.4. The van der Waals surface area contributed by atoms with Gasteiger partial charge in [0, 0.05) is 56.9 Å². The summed E-state index contributed by atoms with van der Waals surface area (Å²) in [6, 6.07) is 9.62. The zero-order chi connectivity index (χ0) is 40.3. The van der Waals surface area contributed by atoms with Crippen molar-refractivity contribution in [2.45, 2.75) is 95.2 Å². The van der Waals surface area contributed by atoms with Gasteiger partial charge < -0.3 is 30.1 Å². The van der Waals surface area contributed by atoms with Crippen molar-refractivity contribution in [3.05, 3.63) is 53.9 Å². The monoisotopic (exact) mass is 793 g/mol. The Morgan fingerprint density at radius 3 is 2.40 bits per heavy atom. The van der Waals surface area contributed by atoms with E-state index in [1.165, 1.54) is 0 Å². The molecule has 2 atom stereocenters. The first kappa shape index (κ1) is 39.5. The van der Waals surface area contributed by atoms with Crippen molar-refractivity contribution in [2.75, 3.05) is 67.3 Å². The highest BCUT2D eigenvalue weighted by atomic mass is 16.5. The van der Waals surface area contributed by atoms with Crippen LogP contribution in [0.4, 0.5) is 29.0 Å². The molecular weight excluding hydrogens is 739 g/mol. The third-order valence-electron chi connectivity index (χ3n) is 12.8. The lowest BCUT2D eigenvalue weighted by atomic mass is 9.91. The van der Waals surface area contributed by atoms with Gasteiger partial charge in [0.2, 0.25) is 23.7 Å². The van der Waals surface area contributed by atoms with Crippen LogP contribution in [0.5, 0.6) is 5.75 Å². The molecule has 4 fully saturated rings. The first-order valence-electron chi connectivity index (χ1n) is 20.9. The number of likely N-dealkylation sites (tertiary alicyclic amines) is 1.